The van der Waals surface area contributed by atoms with Crippen LogP contribution in [-0.2, 0) is 0 Å². The molecule has 18 heavy (non-hydrogen) atoms. The third kappa shape index (κ3) is 2.27. The summed E-state index contributed by atoms with van der Waals surface area (Å²) in [6.45, 7) is 0. The van der Waals surface area contributed by atoms with Crippen LogP contribution in [0.25, 0.3) is 11.0 Å². The Hall–Kier alpha value is -2.11. The van der Waals surface area contributed by atoms with E-state index in [9.17, 15) is 4.79 Å². The summed E-state index contributed by atoms with van der Waals surface area (Å²) in [5, 5.41) is 16.3. The highest BCUT2D eigenvalue weighted by Crippen LogP contribution is 2.18. The summed E-state index contributed by atoms with van der Waals surface area (Å²) >= 11 is 0. The molecule has 0 aliphatic heterocycles. The highest BCUT2D eigenvalue weighted by Gasteiger charge is 2.16. The Morgan fingerprint density at radius 3 is 2.83 bits per heavy atom. The molecule has 0 bridgehead atoms. The molecular weight excluding hydrogens is 230 g/mol. The first-order chi connectivity index (χ1) is 8.81. The van der Waals surface area contributed by atoms with Gasteiger partial charge in [-0.3, -0.25) is 0 Å². The van der Waals surface area contributed by atoms with Crippen molar-refractivity contribution in [3.8, 4) is 0 Å². The number of carbonyl (C=O) groups excluding carboxylic acids is 1. The number of nitrogens with zero attached hydrogens (tertiary/aromatic N) is 2. The molecule has 94 valence electrons. The van der Waals surface area contributed by atoms with Gasteiger partial charge in [0.1, 0.15) is 11.0 Å². The van der Waals surface area contributed by atoms with Gasteiger partial charge in [-0.1, -0.05) is 12.8 Å². The summed E-state index contributed by atoms with van der Waals surface area (Å²) in [5.41, 5.74) is 2.26. The Bertz CT molecular complexity index is 558. The maximum atomic E-state index is 11.8. The number of H-pyrrole nitrogens is 1. The molecule has 2 aromatic rings. The number of amides is 2. The molecule has 3 N–H and O–H groups in total. The molecule has 1 aromatic heterocycles. The third-order valence-corrected chi connectivity index (χ3v) is 3.26. The van der Waals surface area contributed by atoms with E-state index in [1.54, 1.807) is 6.07 Å². The zero-order valence-electron chi connectivity index (χ0n) is 9.94. The molecule has 2 amide bonds. The maximum absolute atomic E-state index is 11.8. The fourth-order valence-electron chi connectivity index (χ4n) is 2.34. The average molecular weight is 245 g/mol. The minimum absolute atomic E-state index is 0.148. The summed E-state index contributed by atoms with van der Waals surface area (Å²) in [5.74, 6) is 0. The van der Waals surface area contributed by atoms with Crippen LogP contribution >= 0.6 is 0 Å². The molecule has 6 nitrogen and oxygen atoms in total. The molecule has 1 heterocycles. The number of rotatable bonds is 2. The first kappa shape index (κ1) is 11.0. The monoisotopic (exact) mass is 245 g/mol. The normalized spacial score (nSPS) is 16.0. The zero-order chi connectivity index (χ0) is 12.4. The quantitative estimate of drug-likeness (QED) is 0.757. The minimum atomic E-state index is -0.148. The molecule has 1 fully saturated rings. The van der Waals surface area contributed by atoms with Crippen molar-refractivity contribution in [2.45, 2.75) is 31.7 Å². The van der Waals surface area contributed by atoms with Crippen LogP contribution in [0.15, 0.2) is 18.2 Å². The molecule has 0 unspecified atom stereocenters. The number of benzene rings is 1. The Morgan fingerprint density at radius 2 is 2.00 bits per heavy atom. The number of urea groups is 1. The molecule has 6 heteroatoms. The lowest BCUT2D eigenvalue weighted by Crippen LogP contribution is -2.36. The molecule has 0 atom stereocenters. The molecule has 3 rings (SSSR count). The minimum Gasteiger partial charge on any atom is -0.335 e. The van der Waals surface area contributed by atoms with Crippen molar-refractivity contribution in [3.63, 3.8) is 0 Å². The number of fused-ring (bicyclic) bond motifs is 1. The number of anilines is 1. The molecule has 1 aromatic carbocycles. The highest BCUT2D eigenvalue weighted by molar-refractivity contribution is 5.91. The largest absolute Gasteiger partial charge is 0.335 e. The Kier molecular flexibility index (Phi) is 2.84. The van der Waals surface area contributed by atoms with Gasteiger partial charge in [-0.25, -0.2) is 4.79 Å². The molecule has 0 spiro atoms. The van der Waals surface area contributed by atoms with E-state index in [0.717, 1.165) is 29.6 Å². The zero-order valence-corrected chi connectivity index (χ0v) is 9.94. The van der Waals surface area contributed by atoms with Crippen molar-refractivity contribution in [1.82, 2.24) is 20.7 Å². The van der Waals surface area contributed by atoms with Crippen molar-refractivity contribution >= 4 is 22.8 Å². The molecule has 1 aliphatic rings. The van der Waals surface area contributed by atoms with Crippen LogP contribution in [0.5, 0.6) is 0 Å². The lowest BCUT2D eigenvalue weighted by molar-refractivity contribution is 0.248. The van der Waals surface area contributed by atoms with Crippen LogP contribution in [0.4, 0.5) is 10.5 Å². The summed E-state index contributed by atoms with van der Waals surface area (Å²) in [6, 6.07) is 5.61. The Morgan fingerprint density at radius 1 is 1.22 bits per heavy atom. The Labute approximate surface area is 104 Å². The van der Waals surface area contributed by atoms with Gasteiger partial charge in [0, 0.05) is 11.7 Å². The van der Waals surface area contributed by atoms with Gasteiger partial charge in [0.15, 0.2) is 0 Å². The second-order valence-corrected chi connectivity index (χ2v) is 4.61. The predicted octanol–water partition coefficient (Wildman–Crippen LogP) is 2.02. The van der Waals surface area contributed by atoms with E-state index in [2.05, 4.69) is 26.0 Å². The smallest absolute Gasteiger partial charge is 0.319 e. The van der Waals surface area contributed by atoms with Gasteiger partial charge in [-0.05, 0) is 31.0 Å². The number of aromatic amines is 1. The fourth-order valence-corrected chi connectivity index (χ4v) is 2.34. The summed E-state index contributed by atoms with van der Waals surface area (Å²) in [7, 11) is 0. The van der Waals surface area contributed by atoms with Crippen LogP contribution in [0.3, 0.4) is 0 Å². The van der Waals surface area contributed by atoms with E-state index in [0.29, 0.717) is 6.04 Å². The van der Waals surface area contributed by atoms with Gasteiger partial charge in [0.2, 0.25) is 0 Å². The average Bonchev–Trinajstić information content (AvgIpc) is 2.98. The van der Waals surface area contributed by atoms with Gasteiger partial charge >= 0.3 is 6.03 Å². The summed E-state index contributed by atoms with van der Waals surface area (Å²) in [4.78, 5) is 11.8. The van der Waals surface area contributed by atoms with Gasteiger partial charge in [-0.15, -0.1) is 0 Å². The lowest BCUT2D eigenvalue weighted by atomic mass is 10.2. The number of hydrogen-bond donors (Lipinski definition) is 3. The van der Waals surface area contributed by atoms with Crippen LogP contribution in [0.1, 0.15) is 25.7 Å². The van der Waals surface area contributed by atoms with Crippen molar-refractivity contribution in [3.05, 3.63) is 18.2 Å². The third-order valence-electron chi connectivity index (χ3n) is 3.26. The first-order valence-electron chi connectivity index (χ1n) is 6.19. The fraction of sp³-hybridized carbons (Fsp3) is 0.417. The molecular formula is C12H15N5O. The number of aromatic nitrogens is 3. The van der Waals surface area contributed by atoms with Crippen LogP contribution in [0.2, 0.25) is 0 Å². The number of hydrogen-bond acceptors (Lipinski definition) is 3. The SMILES string of the molecule is O=C(Nc1ccc2n[nH]nc2c1)NC1CCCC1. The summed E-state index contributed by atoms with van der Waals surface area (Å²) in [6.07, 6.45) is 4.57. The molecule has 0 radical (unpaired) electrons. The van der Waals surface area contributed by atoms with E-state index in [1.807, 2.05) is 12.1 Å². The Balaban J connectivity index is 1.65. The van der Waals surface area contributed by atoms with Gasteiger partial charge in [-0.2, -0.15) is 15.4 Å². The molecule has 1 saturated carbocycles. The van der Waals surface area contributed by atoms with Crippen LogP contribution in [-0.4, -0.2) is 27.5 Å². The topological polar surface area (TPSA) is 82.7 Å². The summed E-state index contributed by atoms with van der Waals surface area (Å²) < 4.78 is 0. The second kappa shape index (κ2) is 4.64. The van der Waals surface area contributed by atoms with Crippen LogP contribution in [0, 0.1) is 0 Å². The van der Waals surface area contributed by atoms with E-state index in [-0.39, 0.29) is 6.03 Å². The van der Waals surface area contributed by atoms with Crippen molar-refractivity contribution < 1.29 is 4.79 Å². The maximum Gasteiger partial charge on any atom is 0.319 e. The van der Waals surface area contributed by atoms with Crippen molar-refractivity contribution in [1.29, 1.82) is 0 Å². The molecule has 1 aliphatic carbocycles. The van der Waals surface area contributed by atoms with E-state index in [4.69, 9.17) is 0 Å². The number of carbonyl (C=O) groups is 1. The van der Waals surface area contributed by atoms with E-state index in [1.165, 1.54) is 12.8 Å². The van der Waals surface area contributed by atoms with Gasteiger partial charge in [0.05, 0.1) is 0 Å². The lowest BCUT2D eigenvalue weighted by Gasteiger charge is -2.12. The predicted molar refractivity (Wildman–Crippen MR) is 68.3 cm³/mol. The first-order valence-corrected chi connectivity index (χ1v) is 6.19. The van der Waals surface area contributed by atoms with Gasteiger partial charge in [0.25, 0.3) is 0 Å². The number of nitrogens with one attached hydrogen (secondary N) is 3. The second-order valence-electron chi connectivity index (χ2n) is 4.61. The van der Waals surface area contributed by atoms with Crippen molar-refractivity contribution in [2.24, 2.45) is 0 Å². The highest BCUT2D eigenvalue weighted by atomic mass is 16.2. The molecule has 0 saturated heterocycles. The van der Waals surface area contributed by atoms with Crippen LogP contribution < -0.4 is 10.6 Å². The van der Waals surface area contributed by atoms with E-state index >= 15 is 0 Å². The van der Waals surface area contributed by atoms with E-state index < -0.39 is 0 Å². The standard InChI is InChI=1S/C12H15N5O/c18-12(13-8-3-1-2-4-8)14-9-5-6-10-11(7-9)16-17-15-10/h5-8H,1-4H2,(H2,13,14,18)(H,15,16,17). The van der Waals surface area contributed by atoms with Crippen molar-refractivity contribution in [2.75, 3.05) is 5.32 Å². The van der Waals surface area contributed by atoms with Gasteiger partial charge < -0.3 is 10.6 Å².